The number of aromatic amines is 1. The molecule has 0 amide bonds. The maximum Gasteiger partial charge on any atom is 0.418 e. The van der Waals surface area contributed by atoms with E-state index >= 15 is 0 Å². The topological polar surface area (TPSA) is 113 Å². The molecule has 3 rings (SSSR count). The van der Waals surface area contributed by atoms with Crippen molar-refractivity contribution in [2.24, 2.45) is 27.5 Å². The first-order valence-electron chi connectivity index (χ1n) is 10.1. The first kappa shape index (κ1) is 22.3. The normalized spacial score (nSPS) is 11.6. The molecule has 1 aromatic heterocycles. The van der Waals surface area contributed by atoms with Gasteiger partial charge < -0.3 is 15.1 Å². The van der Waals surface area contributed by atoms with Gasteiger partial charge in [0.2, 0.25) is 0 Å². The number of hydrogen-bond donors (Lipinski definition) is 3. The van der Waals surface area contributed by atoms with Gasteiger partial charge >= 0.3 is 5.95 Å². The molecule has 3 aromatic rings. The van der Waals surface area contributed by atoms with E-state index in [1.807, 2.05) is 73.0 Å². The molecule has 0 spiro atoms. The van der Waals surface area contributed by atoms with Gasteiger partial charge in [-0.2, -0.15) is 10.2 Å². The Labute approximate surface area is 181 Å². The molecule has 9 nitrogen and oxygen atoms in total. The van der Waals surface area contributed by atoms with Crippen LogP contribution in [0.15, 0.2) is 69.2 Å². The fraction of sp³-hybridized carbons (Fsp3) is 0.318. The summed E-state index contributed by atoms with van der Waals surface area (Å²) in [5.74, 6) is 0.667. The summed E-state index contributed by atoms with van der Waals surface area (Å²) in [5.41, 5.74) is 5.17. The maximum absolute atomic E-state index is 9.18. The molecule has 31 heavy (non-hydrogen) atoms. The average molecular weight is 423 g/mol. The molecular weight excluding hydrogens is 394 g/mol. The quantitative estimate of drug-likeness (QED) is 0.357. The molecule has 162 valence electrons. The molecule has 2 aromatic carbocycles. The van der Waals surface area contributed by atoms with Crippen molar-refractivity contribution in [2.45, 2.75) is 13.8 Å². The van der Waals surface area contributed by atoms with Gasteiger partial charge in [0.05, 0.1) is 44.0 Å². The van der Waals surface area contributed by atoms with E-state index in [9.17, 15) is 10.2 Å². The molecule has 1 heterocycles. The Kier molecular flexibility index (Phi) is 7.58. The van der Waals surface area contributed by atoms with E-state index in [0.29, 0.717) is 19.0 Å². The van der Waals surface area contributed by atoms with E-state index in [0.717, 1.165) is 33.9 Å². The minimum Gasteiger partial charge on any atom is -0.395 e. The van der Waals surface area contributed by atoms with Crippen LogP contribution in [0.1, 0.15) is 11.1 Å². The third-order valence-electron chi connectivity index (χ3n) is 5.06. The van der Waals surface area contributed by atoms with Gasteiger partial charge in [-0.05, 0) is 61.4 Å². The van der Waals surface area contributed by atoms with Crippen LogP contribution >= 0.6 is 0 Å². The highest BCUT2D eigenvalue weighted by Crippen LogP contribution is 2.31. The average Bonchev–Trinajstić information content (AvgIpc) is 3.19. The molecule has 0 bridgehead atoms. The van der Waals surface area contributed by atoms with Crippen LogP contribution in [-0.4, -0.2) is 41.5 Å². The minimum atomic E-state index is 0.0269. The number of imidazole rings is 1. The highest BCUT2D eigenvalue weighted by Gasteiger charge is 2.10. The van der Waals surface area contributed by atoms with Gasteiger partial charge in [-0.25, -0.2) is 9.55 Å². The summed E-state index contributed by atoms with van der Waals surface area (Å²) in [6.45, 7) is 4.96. The second-order valence-electron chi connectivity index (χ2n) is 7.10. The van der Waals surface area contributed by atoms with Crippen LogP contribution in [0.4, 0.5) is 28.7 Å². The molecule has 0 radical (unpaired) electrons. The Morgan fingerprint density at radius 2 is 1.42 bits per heavy atom. The highest BCUT2D eigenvalue weighted by molar-refractivity contribution is 5.60. The Morgan fingerprint density at radius 3 is 1.94 bits per heavy atom. The van der Waals surface area contributed by atoms with Gasteiger partial charge in [0.25, 0.3) is 0 Å². The number of aliphatic hydroxyl groups is 2. The number of anilines is 1. The number of benzene rings is 2. The van der Waals surface area contributed by atoms with E-state index in [2.05, 4.69) is 25.4 Å². The summed E-state index contributed by atoms with van der Waals surface area (Å²) in [7, 11) is 1.90. The zero-order valence-electron chi connectivity index (χ0n) is 18.0. The molecular formula is C22H28N7O2+. The molecule has 0 unspecified atom stereocenters. The second kappa shape index (κ2) is 10.6. The lowest BCUT2D eigenvalue weighted by molar-refractivity contribution is -0.657. The summed E-state index contributed by atoms with van der Waals surface area (Å²) in [6, 6.07) is 11.3. The van der Waals surface area contributed by atoms with E-state index in [1.54, 1.807) is 6.20 Å². The number of aromatic nitrogens is 2. The molecule has 0 aliphatic carbocycles. The van der Waals surface area contributed by atoms with E-state index in [-0.39, 0.29) is 13.2 Å². The lowest BCUT2D eigenvalue weighted by atomic mass is 10.1. The van der Waals surface area contributed by atoms with Crippen LogP contribution in [0.25, 0.3) is 0 Å². The Hall–Kier alpha value is -3.43. The van der Waals surface area contributed by atoms with Crippen molar-refractivity contribution in [3.05, 3.63) is 59.9 Å². The van der Waals surface area contributed by atoms with Crippen LogP contribution in [0.3, 0.4) is 0 Å². The maximum atomic E-state index is 9.18. The van der Waals surface area contributed by atoms with Crippen molar-refractivity contribution in [2.75, 3.05) is 31.2 Å². The molecule has 3 N–H and O–H groups in total. The van der Waals surface area contributed by atoms with Crippen LogP contribution < -0.4 is 9.47 Å². The fourth-order valence-corrected chi connectivity index (χ4v) is 3.06. The fourth-order valence-electron chi connectivity index (χ4n) is 3.06. The van der Waals surface area contributed by atoms with Crippen LogP contribution in [0.5, 0.6) is 0 Å². The summed E-state index contributed by atoms with van der Waals surface area (Å²) in [4.78, 5) is 4.94. The largest absolute Gasteiger partial charge is 0.418 e. The minimum absolute atomic E-state index is 0.0269. The van der Waals surface area contributed by atoms with Gasteiger partial charge in [-0.1, -0.05) is 5.11 Å². The number of H-pyrrole nitrogens is 1. The van der Waals surface area contributed by atoms with Gasteiger partial charge in [0.15, 0.2) is 0 Å². The van der Waals surface area contributed by atoms with Crippen molar-refractivity contribution in [1.82, 2.24) is 4.98 Å². The molecule has 0 atom stereocenters. The predicted molar refractivity (Wildman–Crippen MR) is 119 cm³/mol. The van der Waals surface area contributed by atoms with Crippen LogP contribution in [0, 0.1) is 13.8 Å². The Bertz CT molecular complexity index is 1050. The van der Waals surface area contributed by atoms with Crippen molar-refractivity contribution >= 4 is 28.7 Å². The second-order valence-corrected chi connectivity index (χ2v) is 7.10. The number of nitrogens with zero attached hydrogens (tertiary/aromatic N) is 6. The number of rotatable bonds is 9. The number of azo groups is 2. The van der Waals surface area contributed by atoms with E-state index in [4.69, 9.17) is 0 Å². The number of hydrogen-bond acceptors (Lipinski definition) is 7. The number of aryl methyl sites for hydroxylation is 1. The van der Waals surface area contributed by atoms with Gasteiger partial charge in [-0.15, -0.1) is 0 Å². The molecule has 0 saturated carbocycles. The van der Waals surface area contributed by atoms with Gasteiger partial charge in [0.1, 0.15) is 5.69 Å². The molecule has 0 aliphatic heterocycles. The van der Waals surface area contributed by atoms with Crippen LogP contribution in [0.2, 0.25) is 0 Å². The SMILES string of the molecule is Cc1c(N=Nc2ccc(N(CCO)CCO)cc2)ccc(N=Nc2[nH]cc[n+]2C)c1C. The van der Waals surface area contributed by atoms with Gasteiger partial charge in [0, 0.05) is 23.9 Å². The zero-order chi connectivity index (χ0) is 22.2. The molecule has 0 fully saturated rings. The molecule has 9 heteroatoms. The highest BCUT2D eigenvalue weighted by atomic mass is 16.3. The summed E-state index contributed by atoms with van der Waals surface area (Å²) in [6.07, 6.45) is 3.68. The lowest BCUT2D eigenvalue weighted by Crippen LogP contribution is -2.29. The predicted octanol–water partition coefficient (Wildman–Crippen LogP) is 4.08. The number of nitrogens with one attached hydrogen (secondary N) is 1. The van der Waals surface area contributed by atoms with E-state index < -0.39 is 0 Å². The Balaban J connectivity index is 1.74. The standard InChI is InChI=1S/C22H27N7O2/c1-16-17(2)21(26-27-22-23-10-11-28(22)3)9-8-20(16)25-24-18-4-6-19(7-5-18)29(12-14-30)13-15-31/h4-11,30-31H,12-15H2,1-3H3/p+1. The third-order valence-corrected chi connectivity index (χ3v) is 5.06. The first-order chi connectivity index (χ1) is 15.0. The van der Waals surface area contributed by atoms with Crippen molar-refractivity contribution in [3.63, 3.8) is 0 Å². The summed E-state index contributed by atoms with van der Waals surface area (Å²) in [5, 5.41) is 35.7. The third kappa shape index (κ3) is 5.59. The first-order valence-corrected chi connectivity index (χ1v) is 10.1. The lowest BCUT2D eigenvalue weighted by Gasteiger charge is -2.22. The zero-order valence-corrected chi connectivity index (χ0v) is 18.0. The van der Waals surface area contributed by atoms with Crippen LogP contribution in [-0.2, 0) is 7.05 Å². The monoisotopic (exact) mass is 422 g/mol. The van der Waals surface area contributed by atoms with E-state index in [1.165, 1.54) is 0 Å². The Morgan fingerprint density at radius 1 is 0.839 bits per heavy atom. The number of aliphatic hydroxyl groups excluding tert-OH is 2. The molecule has 0 saturated heterocycles. The van der Waals surface area contributed by atoms with Crippen molar-refractivity contribution in [3.8, 4) is 0 Å². The smallest absolute Gasteiger partial charge is 0.395 e. The van der Waals surface area contributed by atoms with Crippen molar-refractivity contribution in [1.29, 1.82) is 0 Å². The molecule has 0 aliphatic rings. The van der Waals surface area contributed by atoms with Gasteiger partial charge in [-0.3, -0.25) is 0 Å². The van der Waals surface area contributed by atoms with Crippen molar-refractivity contribution < 1.29 is 14.8 Å². The summed E-state index contributed by atoms with van der Waals surface area (Å²) >= 11 is 0. The summed E-state index contributed by atoms with van der Waals surface area (Å²) < 4.78 is 1.85.